The van der Waals surface area contributed by atoms with E-state index in [0.29, 0.717) is 11.5 Å². The predicted molar refractivity (Wildman–Crippen MR) is 75.3 cm³/mol. The molecule has 5 heteroatoms. The second-order valence-corrected chi connectivity index (χ2v) is 5.39. The number of thiophene rings is 1. The maximum absolute atomic E-state index is 11.8. The van der Waals surface area contributed by atoms with Crippen molar-refractivity contribution < 1.29 is 9.53 Å². The lowest BCUT2D eigenvalue weighted by molar-refractivity contribution is 0.0554. The Labute approximate surface area is 114 Å². The highest BCUT2D eigenvalue weighted by Crippen LogP contribution is 2.29. The van der Waals surface area contributed by atoms with Gasteiger partial charge < -0.3 is 4.74 Å². The van der Waals surface area contributed by atoms with Crippen molar-refractivity contribution >= 4 is 28.6 Å². The van der Waals surface area contributed by atoms with Crippen molar-refractivity contribution in [2.75, 3.05) is 6.61 Å². The van der Waals surface area contributed by atoms with E-state index in [1.165, 1.54) is 11.3 Å². The van der Waals surface area contributed by atoms with Crippen LogP contribution in [-0.4, -0.2) is 17.6 Å². The quantitative estimate of drug-likeness (QED) is 0.629. The normalized spacial score (nSPS) is 11.0. The Balaban J connectivity index is 2.16. The highest BCUT2D eigenvalue weighted by molar-refractivity contribution is 7.17. The Kier molecular flexibility index (Phi) is 4.28. The van der Waals surface area contributed by atoms with Crippen LogP contribution in [0.15, 0.2) is 29.0 Å². The topological polar surface area (TPSA) is 39.2 Å². The molecule has 0 spiro atoms. The summed E-state index contributed by atoms with van der Waals surface area (Å²) in [6, 6.07) is 2.00. The second-order valence-electron chi connectivity index (χ2n) is 3.61. The zero-order chi connectivity index (χ0) is 13.0. The van der Waals surface area contributed by atoms with Gasteiger partial charge in [-0.25, -0.2) is 9.78 Å². The molecule has 0 saturated carbocycles. The molecule has 0 aliphatic carbocycles. The number of nitrogens with zero attached hydrogens (tertiary/aromatic N) is 1. The van der Waals surface area contributed by atoms with Gasteiger partial charge in [-0.1, -0.05) is 12.2 Å². The molecule has 0 N–H and O–H groups in total. The van der Waals surface area contributed by atoms with Crippen LogP contribution >= 0.6 is 22.7 Å². The molecule has 0 radical (unpaired) electrons. The molecule has 2 heterocycles. The first-order chi connectivity index (χ1) is 8.72. The summed E-state index contributed by atoms with van der Waals surface area (Å²) in [5.74, 6) is -0.301. The number of allylic oxidation sites excluding steroid dienone is 1. The van der Waals surface area contributed by atoms with Crippen LogP contribution in [0.5, 0.6) is 0 Å². The fourth-order valence-electron chi connectivity index (χ4n) is 1.38. The average Bonchev–Trinajstić information content (AvgIpc) is 2.97. The second kappa shape index (κ2) is 5.93. The lowest BCUT2D eigenvalue weighted by atomic mass is 10.3. The molecule has 0 saturated heterocycles. The molecule has 94 valence electrons. The summed E-state index contributed by atoms with van der Waals surface area (Å²) in [7, 11) is 0. The maximum Gasteiger partial charge on any atom is 0.350 e. The molecule has 2 aromatic heterocycles. The summed E-state index contributed by atoms with van der Waals surface area (Å²) in [5, 5.41) is 4.88. The van der Waals surface area contributed by atoms with Crippen LogP contribution < -0.4 is 0 Å². The monoisotopic (exact) mass is 279 g/mol. The maximum atomic E-state index is 11.8. The Morgan fingerprint density at radius 1 is 1.56 bits per heavy atom. The molecule has 0 aromatic carbocycles. The number of hydrogen-bond acceptors (Lipinski definition) is 5. The lowest BCUT2D eigenvalue weighted by Crippen LogP contribution is -2.04. The zero-order valence-electron chi connectivity index (χ0n) is 10.2. The van der Waals surface area contributed by atoms with Gasteiger partial charge in [-0.05, 0) is 25.3 Å². The van der Waals surface area contributed by atoms with Crippen molar-refractivity contribution in [1.82, 2.24) is 4.98 Å². The Morgan fingerprint density at radius 2 is 2.39 bits per heavy atom. The predicted octanol–water partition coefficient (Wildman–Crippen LogP) is 3.91. The van der Waals surface area contributed by atoms with Gasteiger partial charge in [-0.2, -0.15) is 11.3 Å². The highest BCUT2D eigenvalue weighted by atomic mass is 32.1. The smallest absolute Gasteiger partial charge is 0.350 e. The summed E-state index contributed by atoms with van der Waals surface area (Å²) in [4.78, 5) is 16.8. The van der Waals surface area contributed by atoms with Gasteiger partial charge in [0.2, 0.25) is 0 Å². The molecule has 0 fully saturated rings. The van der Waals surface area contributed by atoms with Gasteiger partial charge in [0.15, 0.2) is 0 Å². The van der Waals surface area contributed by atoms with Crippen molar-refractivity contribution in [3.63, 3.8) is 0 Å². The first-order valence-electron chi connectivity index (χ1n) is 5.50. The van der Waals surface area contributed by atoms with Crippen LogP contribution in [0.2, 0.25) is 0 Å². The number of esters is 1. The van der Waals surface area contributed by atoms with Gasteiger partial charge in [0.25, 0.3) is 0 Å². The molecule has 0 bridgehead atoms. The Morgan fingerprint density at radius 3 is 3.06 bits per heavy atom. The van der Waals surface area contributed by atoms with E-state index in [9.17, 15) is 4.79 Å². The van der Waals surface area contributed by atoms with E-state index in [2.05, 4.69) is 4.98 Å². The summed E-state index contributed by atoms with van der Waals surface area (Å²) < 4.78 is 5.13. The molecular formula is C13H13NO2S2. The number of aromatic nitrogens is 1. The van der Waals surface area contributed by atoms with Crippen molar-refractivity contribution in [1.29, 1.82) is 0 Å². The van der Waals surface area contributed by atoms with E-state index in [-0.39, 0.29) is 5.97 Å². The third-order valence-corrected chi connectivity index (χ3v) is 4.17. The van der Waals surface area contributed by atoms with E-state index in [4.69, 9.17) is 4.74 Å². The average molecular weight is 279 g/mol. The minimum Gasteiger partial charge on any atom is -0.457 e. The van der Waals surface area contributed by atoms with Gasteiger partial charge in [0, 0.05) is 10.9 Å². The molecule has 0 unspecified atom stereocenters. The number of thiazole rings is 1. The molecule has 3 nitrogen and oxygen atoms in total. The molecular weight excluding hydrogens is 266 g/mol. The van der Waals surface area contributed by atoms with Crippen LogP contribution in [0.3, 0.4) is 0 Å². The van der Waals surface area contributed by atoms with Gasteiger partial charge in [0.1, 0.15) is 16.5 Å². The van der Waals surface area contributed by atoms with Crippen LogP contribution in [0.25, 0.3) is 10.6 Å². The standard InChI is InChI=1S/C13H13NO2S2/c1-3-4-6-16-13(15)11-9(2)14-12(18-11)10-5-7-17-8-10/h3-5,7-8H,6H2,1-2H3. The summed E-state index contributed by atoms with van der Waals surface area (Å²) >= 11 is 3.00. The minimum atomic E-state index is -0.301. The first kappa shape index (κ1) is 13.0. The van der Waals surface area contributed by atoms with Crippen molar-refractivity contribution in [2.45, 2.75) is 13.8 Å². The number of carbonyl (C=O) groups is 1. The van der Waals surface area contributed by atoms with Crippen LogP contribution in [-0.2, 0) is 4.74 Å². The SMILES string of the molecule is CC=CCOC(=O)c1sc(-c2ccsc2)nc1C. The third-order valence-electron chi connectivity index (χ3n) is 2.30. The molecule has 2 rings (SSSR count). The fourth-order valence-corrected chi connectivity index (χ4v) is 3.05. The molecule has 0 aliphatic heterocycles. The van der Waals surface area contributed by atoms with Crippen LogP contribution in [0.4, 0.5) is 0 Å². The number of rotatable bonds is 4. The van der Waals surface area contributed by atoms with Crippen molar-refractivity contribution in [2.24, 2.45) is 0 Å². The first-order valence-corrected chi connectivity index (χ1v) is 7.26. The van der Waals surface area contributed by atoms with Gasteiger partial charge in [0.05, 0.1) is 5.69 Å². The number of ether oxygens (including phenoxy) is 1. The molecule has 0 aliphatic rings. The minimum absolute atomic E-state index is 0.301. The lowest BCUT2D eigenvalue weighted by Gasteiger charge is -1.98. The molecule has 0 atom stereocenters. The van der Waals surface area contributed by atoms with Crippen LogP contribution in [0.1, 0.15) is 22.3 Å². The largest absolute Gasteiger partial charge is 0.457 e. The number of hydrogen-bond donors (Lipinski definition) is 0. The van der Waals surface area contributed by atoms with E-state index in [0.717, 1.165) is 16.3 Å². The van der Waals surface area contributed by atoms with Crippen LogP contribution in [0, 0.1) is 6.92 Å². The molecule has 2 aromatic rings. The Hall–Kier alpha value is -1.46. The summed E-state index contributed by atoms with van der Waals surface area (Å²) in [5.41, 5.74) is 1.78. The number of aryl methyl sites for hydroxylation is 1. The third kappa shape index (κ3) is 2.86. The van der Waals surface area contributed by atoms with E-state index in [1.54, 1.807) is 17.4 Å². The van der Waals surface area contributed by atoms with Gasteiger partial charge >= 0.3 is 5.97 Å². The van der Waals surface area contributed by atoms with Gasteiger partial charge in [-0.15, -0.1) is 11.3 Å². The van der Waals surface area contributed by atoms with E-state index >= 15 is 0 Å². The summed E-state index contributed by atoms with van der Waals surface area (Å²) in [6.45, 7) is 4.03. The summed E-state index contributed by atoms with van der Waals surface area (Å²) in [6.07, 6.45) is 3.65. The van der Waals surface area contributed by atoms with E-state index in [1.807, 2.05) is 36.7 Å². The molecule has 0 amide bonds. The van der Waals surface area contributed by atoms with Crippen molar-refractivity contribution in [3.8, 4) is 10.6 Å². The Bertz CT molecular complexity index is 556. The zero-order valence-corrected chi connectivity index (χ0v) is 11.8. The highest BCUT2D eigenvalue weighted by Gasteiger charge is 2.17. The van der Waals surface area contributed by atoms with E-state index < -0.39 is 0 Å². The van der Waals surface area contributed by atoms with Crippen molar-refractivity contribution in [3.05, 3.63) is 39.5 Å². The van der Waals surface area contributed by atoms with Gasteiger partial charge in [-0.3, -0.25) is 0 Å². The molecule has 18 heavy (non-hydrogen) atoms. The number of carbonyl (C=O) groups excluding carboxylic acids is 1. The fraction of sp³-hybridized carbons (Fsp3) is 0.231.